The van der Waals surface area contributed by atoms with Crippen LogP contribution in [0.4, 0.5) is 11.4 Å². The molecule has 0 aliphatic rings. The van der Waals surface area contributed by atoms with Crippen molar-refractivity contribution in [3.05, 3.63) is 88.9 Å². The zero-order chi connectivity index (χ0) is 16.8. The molecule has 0 spiro atoms. The first-order valence-electron chi connectivity index (χ1n) is 7.07. The fraction of sp³-hybridized carbons (Fsp3) is 0. The predicted octanol–water partition coefficient (Wildman–Crippen LogP) is 4.75. The van der Waals surface area contributed by atoms with E-state index in [1.165, 1.54) is 23.9 Å². The van der Waals surface area contributed by atoms with Gasteiger partial charge in [0.1, 0.15) is 0 Å². The van der Waals surface area contributed by atoms with E-state index in [2.05, 4.69) is 10.5 Å². The number of hydrogen-bond acceptors (Lipinski definition) is 6. The van der Waals surface area contributed by atoms with Gasteiger partial charge in [-0.1, -0.05) is 30.0 Å². The quantitative estimate of drug-likeness (QED) is 0.238. The largest absolute Gasteiger partial charge is 0.462 e. The molecule has 0 saturated heterocycles. The van der Waals surface area contributed by atoms with Gasteiger partial charge in [-0.3, -0.25) is 15.5 Å². The van der Waals surface area contributed by atoms with Gasteiger partial charge in [0.15, 0.2) is 10.8 Å². The molecule has 2 aromatic carbocycles. The molecule has 3 aromatic rings. The lowest BCUT2D eigenvalue weighted by atomic mass is 10.3. The second-order valence-electron chi connectivity index (χ2n) is 4.73. The number of nitrogens with one attached hydrogen (secondary N) is 1. The zero-order valence-electron chi connectivity index (χ0n) is 12.5. The molecule has 0 aliphatic heterocycles. The van der Waals surface area contributed by atoms with E-state index < -0.39 is 4.92 Å². The molecule has 0 aliphatic carbocycles. The Kier molecular flexibility index (Phi) is 4.93. The molecule has 0 fully saturated rings. The third kappa shape index (κ3) is 4.02. The molecule has 6 nitrogen and oxygen atoms in total. The van der Waals surface area contributed by atoms with Crippen molar-refractivity contribution >= 4 is 28.2 Å². The topological polar surface area (TPSA) is 80.7 Å². The van der Waals surface area contributed by atoms with Crippen molar-refractivity contribution in [3.63, 3.8) is 0 Å². The number of thioether (sulfide) groups is 1. The normalized spacial score (nSPS) is 11.2. The Morgan fingerprint density at radius 3 is 2.42 bits per heavy atom. The van der Waals surface area contributed by atoms with E-state index in [-0.39, 0.29) is 5.69 Å². The summed E-state index contributed by atoms with van der Waals surface area (Å²) >= 11 is 1.46. The van der Waals surface area contributed by atoms with E-state index in [1.807, 2.05) is 36.4 Å². The van der Waals surface area contributed by atoms with E-state index in [0.717, 1.165) is 4.90 Å². The molecule has 24 heavy (non-hydrogen) atoms. The molecular weight excluding hydrogens is 326 g/mol. The predicted molar refractivity (Wildman–Crippen MR) is 94.3 cm³/mol. The summed E-state index contributed by atoms with van der Waals surface area (Å²) < 4.78 is 5.43. The molecule has 0 unspecified atom stereocenters. The third-order valence-corrected chi connectivity index (χ3v) is 4.05. The first kappa shape index (κ1) is 15.8. The van der Waals surface area contributed by atoms with Gasteiger partial charge < -0.3 is 4.42 Å². The van der Waals surface area contributed by atoms with Gasteiger partial charge in [-0.25, -0.2) is 0 Å². The Morgan fingerprint density at radius 1 is 1.04 bits per heavy atom. The minimum atomic E-state index is -0.438. The Hall–Kier alpha value is -3.06. The Bertz CT molecular complexity index is 831. The van der Waals surface area contributed by atoms with Gasteiger partial charge in [0.05, 0.1) is 16.9 Å². The number of nitro groups is 1. The van der Waals surface area contributed by atoms with Crippen LogP contribution in [0.2, 0.25) is 0 Å². The molecule has 0 saturated carbocycles. The van der Waals surface area contributed by atoms with Gasteiger partial charge in [0.2, 0.25) is 0 Å². The van der Waals surface area contributed by atoms with Gasteiger partial charge in [-0.15, -0.1) is 0 Å². The van der Waals surface area contributed by atoms with Crippen molar-refractivity contribution in [2.75, 3.05) is 5.43 Å². The lowest BCUT2D eigenvalue weighted by Gasteiger charge is -2.05. The molecule has 1 heterocycles. The fourth-order valence-electron chi connectivity index (χ4n) is 1.90. The summed E-state index contributed by atoms with van der Waals surface area (Å²) in [6, 6.07) is 19.5. The number of hydrogen-bond donors (Lipinski definition) is 1. The minimum Gasteiger partial charge on any atom is -0.462 e. The summed E-state index contributed by atoms with van der Waals surface area (Å²) in [5.41, 5.74) is 3.59. The van der Waals surface area contributed by atoms with Crippen LogP contribution < -0.4 is 5.43 Å². The maximum absolute atomic E-state index is 10.7. The molecule has 3 rings (SSSR count). The van der Waals surface area contributed by atoms with E-state index in [0.29, 0.717) is 16.5 Å². The van der Waals surface area contributed by atoms with Crippen LogP contribution >= 0.6 is 11.8 Å². The summed E-state index contributed by atoms with van der Waals surface area (Å²) in [6.45, 7) is 0. The molecule has 0 amide bonds. The maximum Gasteiger partial charge on any atom is 0.269 e. The number of nitro benzene ring substituents is 1. The van der Waals surface area contributed by atoms with Crippen molar-refractivity contribution in [1.29, 1.82) is 0 Å². The third-order valence-electron chi connectivity index (χ3n) is 3.05. The van der Waals surface area contributed by atoms with E-state index in [1.54, 1.807) is 24.5 Å². The van der Waals surface area contributed by atoms with Crippen molar-refractivity contribution < 1.29 is 9.34 Å². The monoisotopic (exact) mass is 339 g/mol. The first-order valence-corrected chi connectivity index (χ1v) is 7.89. The Balaban J connectivity index is 1.80. The number of hydrazone groups is 1. The highest BCUT2D eigenvalue weighted by molar-refractivity contribution is 8.14. The molecule has 120 valence electrons. The zero-order valence-corrected chi connectivity index (χ0v) is 13.3. The molecule has 0 radical (unpaired) electrons. The summed E-state index contributed by atoms with van der Waals surface area (Å²) in [7, 11) is 0. The summed E-state index contributed by atoms with van der Waals surface area (Å²) in [6.07, 6.45) is 1.59. The van der Waals surface area contributed by atoms with Crippen LogP contribution in [-0.2, 0) is 0 Å². The SMILES string of the molecule is O=[N+]([O-])c1ccc(N/N=C(\Sc2ccccc2)c2ccco2)cc1. The Morgan fingerprint density at radius 2 is 1.79 bits per heavy atom. The van der Waals surface area contributed by atoms with Crippen molar-refractivity contribution in [1.82, 2.24) is 0 Å². The maximum atomic E-state index is 10.7. The second-order valence-corrected chi connectivity index (χ2v) is 5.79. The van der Waals surface area contributed by atoms with Crippen LogP contribution in [0.3, 0.4) is 0 Å². The van der Waals surface area contributed by atoms with E-state index in [4.69, 9.17) is 4.42 Å². The highest BCUT2D eigenvalue weighted by Crippen LogP contribution is 2.24. The van der Waals surface area contributed by atoms with Crippen molar-refractivity contribution in [3.8, 4) is 0 Å². The number of rotatable bonds is 5. The number of nitrogens with zero attached hydrogens (tertiary/aromatic N) is 2. The molecule has 7 heteroatoms. The van der Waals surface area contributed by atoms with E-state index in [9.17, 15) is 10.1 Å². The summed E-state index contributed by atoms with van der Waals surface area (Å²) in [5, 5.41) is 15.7. The van der Waals surface area contributed by atoms with Crippen LogP contribution in [0.15, 0.2) is 87.4 Å². The molecule has 0 atom stereocenters. The van der Waals surface area contributed by atoms with Crippen LogP contribution in [0.5, 0.6) is 0 Å². The Labute approximate surface area is 142 Å². The smallest absolute Gasteiger partial charge is 0.269 e. The van der Waals surface area contributed by atoms with E-state index >= 15 is 0 Å². The lowest BCUT2D eigenvalue weighted by Crippen LogP contribution is -1.99. The van der Waals surface area contributed by atoms with Gasteiger partial charge in [-0.2, -0.15) is 5.10 Å². The molecule has 0 bridgehead atoms. The molecular formula is C17H13N3O3S. The van der Waals surface area contributed by atoms with Crippen LogP contribution in [-0.4, -0.2) is 9.97 Å². The standard InChI is InChI=1S/C17H13N3O3S/c21-20(22)14-10-8-13(9-11-14)18-19-17(16-7-4-12-23-16)24-15-5-2-1-3-6-15/h1-12,18H/b19-17-. The number of anilines is 1. The fourth-order valence-corrected chi connectivity index (χ4v) is 2.73. The first-order chi connectivity index (χ1) is 11.7. The van der Waals surface area contributed by atoms with Crippen LogP contribution in [0, 0.1) is 10.1 Å². The average Bonchev–Trinajstić information content (AvgIpc) is 3.14. The second kappa shape index (κ2) is 7.47. The van der Waals surface area contributed by atoms with Gasteiger partial charge >= 0.3 is 0 Å². The number of benzene rings is 2. The lowest BCUT2D eigenvalue weighted by molar-refractivity contribution is -0.384. The summed E-state index contributed by atoms with van der Waals surface area (Å²) in [4.78, 5) is 11.3. The highest BCUT2D eigenvalue weighted by atomic mass is 32.2. The minimum absolute atomic E-state index is 0.0365. The van der Waals surface area contributed by atoms with Crippen molar-refractivity contribution in [2.24, 2.45) is 5.10 Å². The van der Waals surface area contributed by atoms with Crippen molar-refractivity contribution in [2.45, 2.75) is 4.90 Å². The number of non-ortho nitro benzene ring substituents is 1. The van der Waals surface area contributed by atoms with Crippen LogP contribution in [0.1, 0.15) is 5.76 Å². The van der Waals surface area contributed by atoms with Crippen LogP contribution in [0.25, 0.3) is 0 Å². The van der Waals surface area contributed by atoms with Gasteiger partial charge in [0.25, 0.3) is 5.69 Å². The van der Waals surface area contributed by atoms with Gasteiger partial charge in [-0.05, 0) is 36.4 Å². The molecule has 1 N–H and O–H groups in total. The molecule has 1 aromatic heterocycles. The summed E-state index contributed by atoms with van der Waals surface area (Å²) in [5.74, 6) is 0.637. The van der Waals surface area contributed by atoms with Gasteiger partial charge in [0, 0.05) is 17.0 Å². The highest BCUT2D eigenvalue weighted by Gasteiger charge is 2.10. The number of furan rings is 1. The average molecular weight is 339 g/mol.